The van der Waals surface area contributed by atoms with Gasteiger partial charge in [-0.15, -0.1) is 0 Å². The minimum Gasteiger partial charge on any atom is -0.493 e. The van der Waals surface area contributed by atoms with Crippen LogP contribution in [0, 0.1) is 10.1 Å². The second-order valence-corrected chi connectivity index (χ2v) is 6.60. The van der Waals surface area contributed by atoms with E-state index in [4.69, 9.17) is 14.2 Å². The number of hydrogen-bond donors (Lipinski definition) is 0. The van der Waals surface area contributed by atoms with Gasteiger partial charge in [-0.2, -0.15) is 0 Å². The zero-order chi connectivity index (χ0) is 19.4. The highest BCUT2D eigenvalue weighted by molar-refractivity contribution is 5.54. The maximum absolute atomic E-state index is 11.7. The van der Waals surface area contributed by atoms with Crippen LogP contribution in [0.15, 0.2) is 42.5 Å². The van der Waals surface area contributed by atoms with Gasteiger partial charge in [-0.25, -0.2) is 0 Å². The molecule has 1 fully saturated rings. The lowest BCUT2D eigenvalue weighted by Gasteiger charge is -2.18. The van der Waals surface area contributed by atoms with E-state index in [1.54, 1.807) is 14.2 Å². The molecule has 1 heterocycles. The largest absolute Gasteiger partial charge is 0.493 e. The first-order chi connectivity index (χ1) is 13.1. The van der Waals surface area contributed by atoms with Crippen LogP contribution < -0.4 is 14.2 Å². The lowest BCUT2D eigenvalue weighted by molar-refractivity contribution is -0.521. The molecule has 2 unspecified atom stereocenters. The van der Waals surface area contributed by atoms with Crippen molar-refractivity contribution in [1.29, 1.82) is 0 Å². The summed E-state index contributed by atoms with van der Waals surface area (Å²) in [4.78, 5) is 13.6. The highest BCUT2D eigenvalue weighted by Gasteiger charge is 2.42. The SMILES string of the molecule is COc1cc(C2CN(Cc3ccccc3)CC2[N+](=O)[O-])cc(OC)c1OC. The van der Waals surface area contributed by atoms with E-state index in [-0.39, 0.29) is 10.8 Å². The minimum absolute atomic E-state index is 0.182. The van der Waals surface area contributed by atoms with E-state index >= 15 is 0 Å². The Morgan fingerprint density at radius 1 is 1.04 bits per heavy atom. The van der Waals surface area contributed by atoms with Crippen molar-refractivity contribution in [3.63, 3.8) is 0 Å². The quantitative estimate of drug-likeness (QED) is 0.550. The normalized spacial score (nSPS) is 19.7. The molecular weight excluding hydrogens is 348 g/mol. The highest BCUT2D eigenvalue weighted by Crippen LogP contribution is 2.42. The molecular formula is C20H24N2O5. The summed E-state index contributed by atoms with van der Waals surface area (Å²) >= 11 is 0. The Morgan fingerprint density at radius 3 is 2.19 bits per heavy atom. The Balaban J connectivity index is 1.90. The summed E-state index contributed by atoms with van der Waals surface area (Å²) in [6.07, 6.45) is 0. The van der Waals surface area contributed by atoms with Gasteiger partial charge in [0, 0.05) is 18.0 Å². The lowest BCUT2D eigenvalue weighted by Crippen LogP contribution is -2.28. The van der Waals surface area contributed by atoms with Crippen molar-refractivity contribution < 1.29 is 19.1 Å². The zero-order valence-corrected chi connectivity index (χ0v) is 15.8. The smallest absolute Gasteiger partial charge is 0.233 e. The van der Waals surface area contributed by atoms with Gasteiger partial charge in [-0.3, -0.25) is 15.0 Å². The second kappa shape index (κ2) is 8.26. The number of ether oxygens (including phenoxy) is 3. The van der Waals surface area contributed by atoms with Crippen LogP contribution in [-0.2, 0) is 6.54 Å². The van der Waals surface area contributed by atoms with Crippen molar-refractivity contribution in [3.05, 3.63) is 63.7 Å². The molecule has 0 bridgehead atoms. The molecule has 1 saturated heterocycles. The van der Waals surface area contributed by atoms with Crippen molar-refractivity contribution in [2.24, 2.45) is 0 Å². The number of hydrogen-bond acceptors (Lipinski definition) is 6. The van der Waals surface area contributed by atoms with Gasteiger partial charge in [0.1, 0.15) is 0 Å². The first-order valence-corrected chi connectivity index (χ1v) is 8.77. The Morgan fingerprint density at radius 2 is 1.67 bits per heavy atom. The molecule has 0 spiro atoms. The molecule has 3 rings (SSSR count). The summed E-state index contributed by atoms with van der Waals surface area (Å²) in [6.45, 7) is 1.69. The molecule has 1 aliphatic rings. The molecule has 7 nitrogen and oxygen atoms in total. The third-order valence-electron chi connectivity index (χ3n) is 5.00. The van der Waals surface area contributed by atoms with Gasteiger partial charge < -0.3 is 14.2 Å². The van der Waals surface area contributed by atoms with E-state index in [1.807, 2.05) is 42.5 Å². The van der Waals surface area contributed by atoms with Crippen LogP contribution in [0.1, 0.15) is 17.0 Å². The average molecular weight is 372 g/mol. The average Bonchev–Trinajstić information content (AvgIpc) is 3.11. The summed E-state index contributed by atoms with van der Waals surface area (Å²) < 4.78 is 16.2. The van der Waals surface area contributed by atoms with E-state index in [9.17, 15) is 10.1 Å². The van der Waals surface area contributed by atoms with Crippen molar-refractivity contribution in [3.8, 4) is 17.2 Å². The summed E-state index contributed by atoms with van der Waals surface area (Å²) in [5, 5.41) is 11.7. The molecule has 2 aromatic carbocycles. The van der Waals surface area contributed by atoms with Gasteiger partial charge in [0.15, 0.2) is 11.5 Å². The Hall–Kier alpha value is -2.80. The topological polar surface area (TPSA) is 74.1 Å². The van der Waals surface area contributed by atoms with Gasteiger partial charge in [-0.05, 0) is 23.3 Å². The van der Waals surface area contributed by atoms with Crippen molar-refractivity contribution in [1.82, 2.24) is 4.90 Å². The number of methoxy groups -OCH3 is 3. The highest BCUT2D eigenvalue weighted by atomic mass is 16.6. The van der Waals surface area contributed by atoms with Gasteiger partial charge >= 0.3 is 0 Å². The molecule has 1 aliphatic heterocycles. The molecule has 27 heavy (non-hydrogen) atoms. The maximum atomic E-state index is 11.7. The van der Waals surface area contributed by atoms with Gasteiger partial charge in [0.05, 0.1) is 33.8 Å². The van der Waals surface area contributed by atoms with Gasteiger partial charge in [-0.1, -0.05) is 30.3 Å². The predicted molar refractivity (Wildman–Crippen MR) is 101 cm³/mol. The van der Waals surface area contributed by atoms with Crippen LogP contribution in [-0.4, -0.2) is 50.3 Å². The minimum atomic E-state index is -0.684. The fourth-order valence-corrected chi connectivity index (χ4v) is 3.69. The van der Waals surface area contributed by atoms with E-state index in [0.29, 0.717) is 36.9 Å². The van der Waals surface area contributed by atoms with Crippen molar-refractivity contribution in [2.45, 2.75) is 18.5 Å². The third-order valence-corrected chi connectivity index (χ3v) is 5.00. The number of nitro groups is 1. The molecule has 0 radical (unpaired) electrons. The van der Waals surface area contributed by atoms with Crippen molar-refractivity contribution in [2.75, 3.05) is 34.4 Å². The molecule has 0 aromatic heterocycles. The molecule has 0 amide bonds. The molecule has 2 atom stereocenters. The second-order valence-electron chi connectivity index (χ2n) is 6.60. The molecule has 0 saturated carbocycles. The van der Waals surface area contributed by atoms with E-state index in [0.717, 1.165) is 11.1 Å². The third kappa shape index (κ3) is 3.98. The number of benzene rings is 2. The first kappa shape index (κ1) is 19.0. The zero-order valence-electron chi connectivity index (χ0n) is 15.8. The Kier molecular flexibility index (Phi) is 5.81. The Labute approximate surface area is 158 Å². The fraction of sp³-hybridized carbons (Fsp3) is 0.400. The fourth-order valence-electron chi connectivity index (χ4n) is 3.69. The van der Waals surface area contributed by atoms with Crippen LogP contribution in [0.5, 0.6) is 17.2 Å². The molecule has 2 aromatic rings. The van der Waals surface area contributed by atoms with Gasteiger partial charge in [0.25, 0.3) is 0 Å². The number of likely N-dealkylation sites (tertiary alicyclic amines) is 1. The van der Waals surface area contributed by atoms with Crippen LogP contribution in [0.2, 0.25) is 0 Å². The van der Waals surface area contributed by atoms with Crippen LogP contribution in [0.4, 0.5) is 0 Å². The lowest BCUT2D eigenvalue weighted by atomic mass is 9.94. The maximum Gasteiger partial charge on any atom is 0.233 e. The van der Waals surface area contributed by atoms with Crippen molar-refractivity contribution >= 4 is 0 Å². The molecule has 0 aliphatic carbocycles. The summed E-state index contributed by atoms with van der Waals surface area (Å²) in [5.74, 6) is 1.25. The number of nitrogens with zero attached hydrogens (tertiary/aromatic N) is 2. The first-order valence-electron chi connectivity index (χ1n) is 8.77. The van der Waals surface area contributed by atoms with Crippen LogP contribution in [0.25, 0.3) is 0 Å². The van der Waals surface area contributed by atoms with Gasteiger partial charge in [0.2, 0.25) is 11.8 Å². The Bertz CT molecular complexity index is 771. The summed E-state index contributed by atoms with van der Waals surface area (Å²) in [7, 11) is 4.63. The summed E-state index contributed by atoms with van der Waals surface area (Å²) in [6, 6.07) is 12.9. The number of rotatable bonds is 7. The predicted octanol–water partition coefficient (Wildman–Crippen LogP) is 2.96. The monoisotopic (exact) mass is 372 g/mol. The van der Waals surface area contributed by atoms with E-state index in [2.05, 4.69) is 4.90 Å². The molecule has 0 N–H and O–H groups in total. The molecule has 7 heteroatoms. The standard InChI is InChI=1S/C20H24N2O5/c1-25-18-9-15(10-19(26-2)20(18)27-3)16-12-21(13-17(16)22(23)24)11-14-7-5-4-6-8-14/h4-10,16-17H,11-13H2,1-3H3. The van der Waals surface area contributed by atoms with E-state index in [1.165, 1.54) is 7.11 Å². The molecule has 144 valence electrons. The van der Waals surface area contributed by atoms with E-state index < -0.39 is 6.04 Å². The van der Waals surface area contributed by atoms with Crippen LogP contribution in [0.3, 0.4) is 0 Å². The van der Waals surface area contributed by atoms with Crippen LogP contribution >= 0.6 is 0 Å². The summed E-state index contributed by atoms with van der Waals surface area (Å²) in [5.41, 5.74) is 1.96.